The minimum absolute atomic E-state index is 0.642. The Bertz CT molecular complexity index is 220. The zero-order valence-corrected chi connectivity index (χ0v) is 7.76. The summed E-state index contributed by atoms with van der Waals surface area (Å²) in [5.74, 6) is 0. The van der Waals surface area contributed by atoms with Gasteiger partial charge in [-0.2, -0.15) is 4.98 Å². The second-order valence-electron chi connectivity index (χ2n) is 2.93. The van der Waals surface area contributed by atoms with Crippen molar-refractivity contribution in [1.82, 2.24) is 4.98 Å². The number of rotatable bonds is 5. The number of anilines is 1. The fraction of sp³-hybridized carbons (Fsp3) is 0.667. The molecule has 0 bridgehead atoms. The normalized spacial score (nSPS) is 10.2. The lowest BCUT2D eigenvalue weighted by Gasteiger charge is -1.98. The SMILES string of the molecule is CCCCCNc1nc(C)co1. The van der Waals surface area contributed by atoms with Gasteiger partial charge in [0.2, 0.25) is 0 Å². The Morgan fingerprint density at radius 3 is 2.92 bits per heavy atom. The van der Waals surface area contributed by atoms with Crippen LogP contribution in [0.1, 0.15) is 31.9 Å². The Balaban J connectivity index is 2.15. The highest BCUT2D eigenvalue weighted by Crippen LogP contribution is 2.06. The summed E-state index contributed by atoms with van der Waals surface area (Å²) < 4.78 is 5.12. The van der Waals surface area contributed by atoms with E-state index in [1.807, 2.05) is 6.92 Å². The number of hydrogen-bond acceptors (Lipinski definition) is 3. The number of oxazole rings is 1. The molecule has 1 aromatic heterocycles. The van der Waals surface area contributed by atoms with Crippen molar-refractivity contribution in [2.45, 2.75) is 33.1 Å². The van der Waals surface area contributed by atoms with Gasteiger partial charge in [-0.3, -0.25) is 0 Å². The van der Waals surface area contributed by atoms with Gasteiger partial charge in [-0.1, -0.05) is 19.8 Å². The number of hydrogen-bond donors (Lipinski definition) is 1. The highest BCUT2D eigenvalue weighted by Gasteiger charge is 1.97. The van der Waals surface area contributed by atoms with Gasteiger partial charge >= 0.3 is 0 Å². The zero-order chi connectivity index (χ0) is 8.81. The Morgan fingerprint density at radius 2 is 2.33 bits per heavy atom. The van der Waals surface area contributed by atoms with Gasteiger partial charge in [0.1, 0.15) is 6.26 Å². The Hall–Kier alpha value is -0.990. The Kier molecular flexibility index (Phi) is 3.64. The van der Waals surface area contributed by atoms with Crippen molar-refractivity contribution in [2.24, 2.45) is 0 Å². The van der Waals surface area contributed by atoms with E-state index in [4.69, 9.17) is 4.42 Å². The monoisotopic (exact) mass is 168 g/mol. The topological polar surface area (TPSA) is 38.1 Å². The predicted molar refractivity (Wildman–Crippen MR) is 49.3 cm³/mol. The van der Waals surface area contributed by atoms with Gasteiger partial charge in [-0.05, 0) is 13.3 Å². The van der Waals surface area contributed by atoms with Gasteiger partial charge in [-0.15, -0.1) is 0 Å². The highest BCUT2D eigenvalue weighted by molar-refractivity contribution is 5.19. The molecule has 0 fully saturated rings. The average molecular weight is 168 g/mol. The largest absolute Gasteiger partial charge is 0.432 e. The molecule has 1 N–H and O–H groups in total. The van der Waals surface area contributed by atoms with Crippen LogP contribution in [-0.2, 0) is 0 Å². The Morgan fingerprint density at radius 1 is 1.50 bits per heavy atom. The molecule has 68 valence electrons. The van der Waals surface area contributed by atoms with Crippen molar-refractivity contribution < 1.29 is 4.42 Å². The lowest BCUT2D eigenvalue weighted by Crippen LogP contribution is -2.01. The molecule has 0 saturated heterocycles. The summed E-state index contributed by atoms with van der Waals surface area (Å²) in [6.45, 7) is 5.06. The third-order valence-corrected chi connectivity index (χ3v) is 1.68. The lowest BCUT2D eigenvalue weighted by molar-refractivity contribution is 0.567. The molecule has 3 heteroatoms. The number of nitrogens with zero attached hydrogens (tertiary/aromatic N) is 1. The van der Waals surface area contributed by atoms with Crippen LogP contribution in [0.3, 0.4) is 0 Å². The smallest absolute Gasteiger partial charge is 0.294 e. The van der Waals surface area contributed by atoms with Crippen molar-refractivity contribution in [3.8, 4) is 0 Å². The predicted octanol–water partition coefficient (Wildman–Crippen LogP) is 2.59. The summed E-state index contributed by atoms with van der Waals surface area (Å²) in [6.07, 6.45) is 5.33. The first-order valence-electron chi connectivity index (χ1n) is 4.49. The van der Waals surface area contributed by atoms with Gasteiger partial charge in [0.15, 0.2) is 0 Å². The molecule has 0 atom stereocenters. The minimum atomic E-state index is 0.642. The van der Waals surface area contributed by atoms with E-state index < -0.39 is 0 Å². The van der Waals surface area contributed by atoms with Crippen LogP contribution in [-0.4, -0.2) is 11.5 Å². The summed E-state index contributed by atoms with van der Waals surface area (Å²) in [7, 11) is 0. The zero-order valence-electron chi connectivity index (χ0n) is 7.76. The van der Waals surface area contributed by atoms with E-state index in [1.165, 1.54) is 19.3 Å². The van der Waals surface area contributed by atoms with E-state index in [0.29, 0.717) is 6.01 Å². The molecule has 1 rings (SSSR count). The Labute approximate surface area is 73.2 Å². The maximum absolute atomic E-state index is 5.12. The molecule has 1 heterocycles. The van der Waals surface area contributed by atoms with Crippen LogP contribution in [0.4, 0.5) is 6.01 Å². The third kappa shape index (κ3) is 2.95. The van der Waals surface area contributed by atoms with Gasteiger partial charge < -0.3 is 9.73 Å². The van der Waals surface area contributed by atoms with Crippen LogP contribution in [0.5, 0.6) is 0 Å². The molecule has 0 aliphatic carbocycles. The number of aromatic nitrogens is 1. The molecular formula is C9H16N2O. The summed E-state index contributed by atoms with van der Waals surface area (Å²) in [5.41, 5.74) is 0.924. The van der Waals surface area contributed by atoms with E-state index >= 15 is 0 Å². The molecule has 0 radical (unpaired) electrons. The highest BCUT2D eigenvalue weighted by atomic mass is 16.4. The lowest BCUT2D eigenvalue weighted by atomic mass is 10.2. The van der Waals surface area contributed by atoms with E-state index in [9.17, 15) is 0 Å². The molecular weight excluding hydrogens is 152 g/mol. The maximum atomic E-state index is 5.12. The second kappa shape index (κ2) is 4.80. The van der Waals surface area contributed by atoms with E-state index in [2.05, 4.69) is 17.2 Å². The van der Waals surface area contributed by atoms with Crippen molar-refractivity contribution >= 4 is 6.01 Å². The molecule has 0 aromatic carbocycles. The van der Waals surface area contributed by atoms with Gasteiger partial charge in [0, 0.05) is 6.54 Å². The van der Waals surface area contributed by atoms with Crippen molar-refractivity contribution in [1.29, 1.82) is 0 Å². The fourth-order valence-electron chi connectivity index (χ4n) is 1.01. The van der Waals surface area contributed by atoms with Crippen LogP contribution >= 0.6 is 0 Å². The second-order valence-corrected chi connectivity index (χ2v) is 2.93. The molecule has 0 unspecified atom stereocenters. The molecule has 0 spiro atoms. The van der Waals surface area contributed by atoms with E-state index in [-0.39, 0.29) is 0 Å². The first kappa shape index (κ1) is 9.10. The van der Waals surface area contributed by atoms with Crippen LogP contribution in [0, 0.1) is 6.92 Å². The van der Waals surface area contributed by atoms with Gasteiger partial charge in [0.25, 0.3) is 6.01 Å². The van der Waals surface area contributed by atoms with Crippen molar-refractivity contribution in [2.75, 3.05) is 11.9 Å². The van der Waals surface area contributed by atoms with Crippen LogP contribution in [0.2, 0.25) is 0 Å². The molecule has 0 aliphatic rings. The molecule has 0 saturated carbocycles. The number of nitrogens with one attached hydrogen (secondary N) is 1. The first-order valence-corrected chi connectivity index (χ1v) is 4.49. The first-order chi connectivity index (χ1) is 5.83. The number of unbranched alkanes of at least 4 members (excludes halogenated alkanes) is 2. The summed E-state index contributed by atoms with van der Waals surface area (Å²) >= 11 is 0. The fourth-order valence-corrected chi connectivity index (χ4v) is 1.01. The van der Waals surface area contributed by atoms with Crippen molar-refractivity contribution in [3.05, 3.63) is 12.0 Å². The van der Waals surface area contributed by atoms with Crippen LogP contribution in [0.25, 0.3) is 0 Å². The maximum Gasteiger partial charge on any atom is 0.294 e. The molecule has 0 aliphatic heterocycles. The average Bonchev–Trinajstić information content (AvgIpc) is 2.45. The standard InChI is InChI=1S/C9H16N2O/c1-3-4-5-6-10-9-11-8(2)7-12-9/h7H,3-6H2,1-2H3,(H,10,11). The quantitative estimate of drug-likeness (QED) is 0.687. The summed E-state index contributed by atoms with van der Waals surface area (Å²) in [6, 6.07) is 0.642. The summed E-state index contributed by atoms with van der Waals surface area (Å²) in [5, 5.41) is 3.12. The number of aryl methyl sites for hydroxylation is 1. The summed E-state index contributed by atoms with van der Waals surface area (Å²) in [4.78, 5) is 4.13. The van der Waals surface area contributed by atoms with Gasteiger partial charge in [0.05, 0.1) is 5.69 Å². The van der Waals surface area contributed by atoms with Gasteiger partial charge in [-0.25, -0.2) is 0 Å². The third-order valence-electron chi connectivity index (χ3n) is 1.68. The van der Waals surface area contributed by atoms with Crippen molar-refractivity contribution in [3.63, 3.8) is 0 Å². The molecule has 3 nitrogen and oxygen atoms in total. The molecule has 0 amide bonds. The molecule has 12 heavy (non-hydrogen) atoms. The molecule has 1 aromatic rings. The van der Waals surface area contributed by atoms with Crippen LogP contribution < -0.4 is 5.32 Å². The minimum Gasteiger partial charge on any atom is -0.432 e. The van der Waals surface area contributed by atoms with Crippen LogP contribution in [0.15, 0.2) is 10.7 Å². The van der Waals surface area contributed by atoms with E-state index in [1.54, 1.807) is 6.26 Å². The van der Waals surface area contributed by atoms with E-state index in [0.717, 1.165) is 12.2 Å².